The van der Waals surface area contributed by atoms with Gasteiger partial charge in [-0.15, -0.1) is 0 Å². The highest BCUT2D eigenvalue weighted by Gasteiger charge is 2.31. The van der Waals surface area contributed by atoms with Crippen molar-refractivity contribution >= 4 is 11.9 Å². The summed E-state index contributed by atoms with van der Waals surface area (Å²) in [4.78, 5) is 27.4. The number of rotatable bonds is 5. The summed E-state index contributed by atoms with van der Waals surface area (Å²) in [6, 6.07) is 13.8. The van der Waals surface area contributed by atoms with E-state index in [9.17, 15) is 22.8 Å². The van der Waals surface area contributed by atoms with Crippen molar-refractivity contribution in [2.24, 2.45) is 0 Å². The highest BCUT2D eigenvalue weighted by Crippen LogP contribution is 2.32. The van der Waals surface area contributed by atoms with Crippen molar-refractivity contribution in [3.05, 3.63) is 77.0 Å². The summed E-state index contributed by atoms with van der Waals surface area (Å²) in [6.07, 6.45) is -2.93. The molecule has 0 bridgehead atoms. The van der Waals surface area contributed by atoms with Crippen LogP contribution in [0.4, 0.5) is 18.0 Å². The minimum absolute atomic E-state index is 0.00622. The second-order valence-corrected chi connectivity index (χ2v) is 8.64. The van der Waals surface area contributed by atoms with Gasteiger partial charge in [-0.05, 0) is 37.5 Å². The summed E-state index contributed by atoms with van der Waals surface area (Å²) in [6.45, 7) is 4.05. The number of aromatic nitrogens is 1. The van der Waals surface area contributed by atoms with Gasteiger partial charge in [-0.25, -0.2) is 10.2 Å². The van der Waals surface area contributed by atoms with E-state index in [4.69, 9.17) is 4.52 Å². The molecule has 4 rings (SSSR count). The third-order valence-corrected chi connectivity index (χ3v) is 6.03. The lowest BCUT2D eigenvalue weighted by molar-refractivity contribution is -0.137. The largest absolute Gasteiger partial charge is 0.416 e. The van der Waals surface area contributed by atoms with Crippen LogP contribution >= 0.6 is 0 Å². The Bertz CT molecular complexity index is 1190. The fourth-order valence-electron chi connectivity index (χ4n) is 4.12. The first-order valence-corrected chi connectivity index (χ1v) is 11.5. The minimum Gasteiger partial charge on any atom is -0.355 e. The first-order chi connectivity index (χ1) is 17.2. The minimum atomic E-state index is -4.48. The molecule has 1 fully saturated rings. The van der Waals surface area contributed by atoms with Crippen molar-refractivity contribution in [2.45, 2.75) is 38.5 Å². The summed E-state index contributed by atoms with van der Waals surface area (Å²) >= 11 is 0. The number of nitrogens with one attached hydrogen (secondary N) is 3. The zero-order valence-corrected chi connectivity index (χ0v) is 19.6. The Morgan fingerprint density at radius 3 is 2.33 bits per heavy atom. The first kappa shape index (κ1) is 25.2. The number of alkyl halides is 3. The van der Waals surface area contributed by atoms with E-state index in [1.165, 1.54) is 24.6 Å². The van der Waals surface area contributed by atoms with Gasteiger partial charge < -0.3 is 9.84 Å². The Hall–Kier alpha value is -3.86. The zero-order chi connectivity index (χ0) is 25.7. The third-order valence-electron chi connectivity index (χ3n) is 6.03. The summed E-state index contributed by atoms with van der Waals surface area (Å²) in [5, 5.41) is 6.60. The highest BCUT2D eigenvalue weighted by molar-refractivity contribution is 6.01. The average Bonchev–Trinajstić information content (AvgIpc) is 3.25. The normalized spacial score (nSPS) is 14.9. The van der Waals surface area contributed by atoms with Crippen molar-refractivity contribution in [3.63, 3.8) is 0 Å². The predicted molar refractivity (Wildman–Crippen MR) is 126 cm³/mol. The molecule has 2 heterocycles. The number of hydrogen-bond acceptors (Lipinski definition) is 5. The van der Waals surface area contributed by atoms with E-state index in [-0.39, 0.29) is 28.6 Å². The Balaban J connectivity index is 1.28. The number of piperidine rings is 1. The second kappa shape index (κ2) is 10.8. The monoisotopic (exact) mass is 501 g/mol. The SMILES string of the molecule is Cc1noc(-c2ccc(C(F)(F)F)cc2)c1C(=O)NNC(=O)NC1CCN(Cc2ccccc2)CC1. The smallest absolute Gasteiger partial charge is 0.355 e. The molecule has 8 nitrogen and oxygen atoms in total. The predicted octanol–water partition coefficient (Wildman–Crippen LogP) is 4.28. The Kier molecular flexibility index (Phi) is 7.58. The zero-order valence-electron chi connectivity index (χ0n) is 19.6. The molecule has 0 unspecified atom stereocenters. The van der Waals surface area contributed by atoms with E-state index < -0.39 is 23.7 Å². The van der Waals surface area contributed by atoms with Crippen molar-refractivity contribution < 1.29 is 27.3 Å². The van der Waals surface area contributed by atoms with Gasteiger partial charge in [-0.2, -0.15) is 13.2 Å². The summed E-state index contributed by atoms with van der Waals surface area (Å²) in [5.41, 5.74) is 5.55. The molecule has 36 heavy (non-hydrogen) atoms. The van der Waals surface area contributed by atoms with Gasteiger partial charge in [0.25, 0.3) is 5.91 Å². The molecule has 0 aliphatic carbocycles. The third kappa shape index (κ3) is 6.22. The Morgan fingerprint density at radius 1 is 1.03 bits per heavy atom. The van der Waals surface area contributed by atoms with Gasteiger partial charge in [0.1, 0.15) is 5.56 Å². The molecule has 0 spiro atoms. The molecule has 1 aromatic heterocycles. The fraction of sp³-hybridized carbons (Fsp3) is 0.320. The summed E-state index contributed by atoms with van der Waals surface area (Å²) < 4.78 is 43.7. The van der Waals surface area contributed by atoms with Gasteiger partial charge in [-0.1, -0.05) is 47.6 Å². The Morgan fingerprint density at radius 2 is 1.69 bits per heavy atom. The first-order valence-electron chi connectivity index (χ1n) is 11.5. The molecule has 3 amide bonds. The molecule has 0 atom stereocenters. The van der Waals surface area contributed by atoms with Crippen molar-refractivity contribution in [3.8, 4) is 11.3 Å². The van der Waals surface area contributed by atoms with Gasteiger partial charge in [-0.3, -0.25) is 15.1 Å². The maximum Gasteiger partial charge on any atom is 0.416 e. The number of hydrogen-bond donors (Lipinski definition) is 3. The number of likely N-dealkylation sites (tertiary alicyclic amines) is 1. The van der Waals surface area contributed by atoms with Crippen LogP contribution in [0.15, 0.2) is 59.1 Å². The van der Waals surface area contributed by atoms with Gasteiger partial charge >= 0.3 is 12.2 Å². The van der Waals surface area contributed by atoms with Crippen molar-refractivity contribution in [1.29, 1.82) is 0 Å². The molecule has 1 aliphatic heterocycles. The van der Waals surface area contributed by atoms with E-state index in [1.807, 2.05) is 18.2 Å². The van der Waals surface area contributed by atoms with Crippen LogP contribution in [0.25, 0.3) is 11.3 Å². The Labute approximate surface area is 205 Å². The van der Waals surface area contributed by atoms with Gasteiger partial charge in [0, 0.05) is 31.2 Å². The van der Waals surface area contributed by atoms with Gasteiger partial charge in [0.15, 0.2) is 5.76 Å². The summed E-state index contributed by atoms with van der Waals surface area (Å²) in [7, 11) is 0. The molecule has 3 N–H and O–H groups in total. The van der Waals surface area contributed by atoms with E-state index in [2.05, 4.69) is 38.4 Å². The number of amides is 3. The fourth-order valence-corrected chi connectivity index (χ4v) is 4.12. The van der Waals surface area contributed by atoms with Crippen LogP contribution in [0.2, 0.25) is 0 Å². The molecular formula is C25H26F3N5O3. The standard InChI is InChI=1S/C25H26F3N5O3/c1-16-21(22(36-32-16)18-7-9-19(10-8-18)25(26,27)28)23(34)30-31-24(35)29-20-11-13-33(14-12-20)15-17-5-3-2-4-6-17/h2-10,20H,11-15H2,1H3,(H,30,34)(H2,29,31,35). The van der Waals surface area contributed by atoms with E-state index in [0.29, 0.717) is 0 Å². The number of benzene rings is 2. The molecule has 1 aliphatic rings. The molecule has 0 radical (unpaired) electrons. The number of carbonyl (C=O) groups is 2. The number of urea groups is 1. The van der Waals surface area contributed by atoms with E-state index in [1.54, 1.807) is 0 Å². The van der Waals surface area contributed by atoms with Crippen molar-refractivity contribution in [1.82, 2.24) is 26.2 Å². The lowest BCUT2D eigenvalue weighted by atomic mass is 10.0. The van der Waals surface area contributed by atoms with E-state index in [0.717, 1.165) is 44.6 Å². The van der Waals surface area contributed by atoms with Crippen LogP contribution < -0.4 is 16.2 Å². The van der Waals surface area contributed by atoms with Crippen LogP contribution in [0, 0.1) is 6.92 Å². The highest BCUT2D eigenvalue weighted by atomic mass is 19.4. The maximum atomic E-state index is 12.8. The maximum absolute atomic E-state index is 12.8. The lowest BCUT2D eigenvalue weighted by Crippen LogP contribution is -2.52. The second-order valence-electron chi connectivity index (χ2n) is 8.64. The van der Waals surface area contributed by atoms with Crippen LogP contribution in [-0.2, 0) is 12.7 Å². The number of carbonyl (C=O) groups excluding carboxylic acids is 2. The molecule has 1 saturated heterocycles. The number of halogens is 3. The summed E-state index contributed by atoms with van der Waals surface area (Å²) in [5.74, 6) is -0.691. The van der Waals surface area contributed by atoms with Crippen LogP contribution in [0.1, 0.15) is 40.0 Å². The van der Waals surface area contributed by atoms with Crippen molar-refractivity contribution in [2.75, 3.05) is 13.1 Å². The van der Waals surface area contributed by atoms with Gasteiger partial charge in [0.05, 0.1) is 11.3 Å². The van der Waals surface area contributed by atoms with Crippen LogP contribution in [-0.4, -0.2) is 41.1 Å². The molecule has 0 saturated carbocycles. The quantitative estimate of drug-likeness (QED) is 0.454. The van der Waals surface area contributed by atoms with Crippen LogP contribution in [0.3, 0.4) is 0 Å². The molecule has 190 valence electrons. The number of hydrazine groups is 1. The van der Waals surface area contributed by atoms with E-state index >= 15 is 0 Å². The molecular weight excluding hydrogens is 475 g/mol. The lowest BCUT2D eigenvalue weighted by Gasteiger charge is -2.32. The van der Waals surface area contributed by atoms with Gasteiger partial charge in [0.2, 0.25) is 0 Å². The van der Waals surface area contributed by atoms with Crippen LogP contribution in [0.5, 0.6) is 0 Å². The molecule has 3 aromatic rings. The molecule has 2 aromatic carbocycles. The molecule has 11 heteroatoms. The number of nitrogens with zero attached hydrogens (tertiary/aromatic N) is 2. The number of aryl methyl sites for hydroxylation is 1. The topological polar surface area (TPSA) is 99.5 Å². The average molecular weight is 502 g/mol.